The van der Waals surface area contributed by atoms with E-state index < -0.39 is 0 Å². The third kappa shape index (κ3) is 3.43. The molecule has 2 aromatic heterocycles. The second-order valence-corrected chi connectivity index (χ2v) is 5.81. The summed E-state index contributed by atoms with van der Waals surface area (Å²) in [6, 6.07) is 12.2. The molecular weight excluding hydrogens is 330 g/mol. The molecule has 0 spiro atoms. The summed E-state index contributed by atoms with van der Waals surface area (Å²) in [5.74, 6) is 1.88. The van der Waals surface area contributed by atoms with Crippen molar-refractivity contribution < 1.29 is 4.42 Å². The average molecular weight is 346 g/mol. The van der Waals surface area contributed by atoms with E-state index in [1.807, 2.05) is 37.4 Å². The molecule has 1 aromatic carbocycles. The third-order valence-electron chi connectivity index (χ3n) is 3.26. The van der Waals surface area contributed by atoms with Gasteiger partial charge in [0.1, 0.15) is 11.5 Å². The fraction of sp³-hybridized carbons (Fsp3) is 0.188. The lowest BCUT2D eigenvalue weighted by molar-refractivity contribution is 0.462. The quantitative estimate of drug-likeness (QED) is 0.733. The van der Waals surface area contributed by atoms with Gasteiger partial charge in [0.25, 0.3) is 0 Å². The highest BCUT2D eigenvalue weighted by atomic mass is 79.9. The monoisotopic (exact) mass is 345 g/mol. The van der Waals surface area contributed by atoms with Crippen LogP contribution >= 0.6 is 15.9 Å². The molecule has 2 N–H and O–H groups in total. The summed E-state index contributed by atoms with van der Waals surface area (Å²) in [6.07, 6.45) is 1.86. The topological polar surface area (TPSA) is 53.9 Å². The van der Waals surface area contributed by atoms with Crippen LogP contribution in [0.4, 0.5) is 0 Å². The summed E-state index contributed by atoms with van der Waals surface area (Å²) in [5, 5.41) is 10.6. The Balaban J connectivity index is 1.66. The molecule has 0 radical (unpaired) electrons. The summed E-state index contributed by atoms with van der Waals surface area (Å²) >= 11 is 3.45. The molecule has 0 atom stereocenters. The molecule has 2 heterocycles. The Morgan fingerprint density at radius 2 is 1.95 bits per heavy atom. The van der Waals surface area contributed by atoms with Crippen molar-refractivity contribution in [3.63, 3.8) is 0 Å². The Morgan fingerprint density at radius 1 is 1.14 bits per heavy atom. The molecule has 5 heteroatoms. The van der Waals surface area contributed by atoms with Crippen LogP contribution < -0.4 is 5.32 Å². The highest BCUT2D eigenvalue weighted by molar-refractivity contribution is 9.10. The highest BCUT2D eigenvalue weighted by Crippen LogP contribution is 2.23. The lowest BCUT2D eigenvalue weighted by atomic mass is 10.1. The predicted octanol–water partition coefficient (Wildman–Crippen LogP) is 4.03. The molecule has 4 nitrogen and oxygen atoms in total. The van der Waals surface area contributed by atoms with Crippen LogP contribution in [0.25, 0.3) is 11.3 Å². The van der Waals surface area contributed by atoms with Crippen molar-refractivity contribution >= 4 is 15.9 Å². The van der Waals surface area contributed by atoms with Gasteiger partial charge in [-0.1, -0.05) is 28.1 Å². The van der Waals surface area contributed by atoms with Crippen molar-refractivity contribution in [2.45, 2.75) is 20.0 Å². The zero-order valence-electron chi connectivity index (χ0n) is 11.7. The Bertz CT molecular complexity index is 715. The first-order valence-corrected chi connectivity index (χ1v) is 7.56. The molecule has 0 saturated heterocycles. The second kappa shape index (κ2) is 6.28. The number of benzene rings is 1. The van der Waals surface area contributed by atoms with E-state index in [9.17, 15) is 0 Å². The molecule has 0 aliphatic rings. The Morgan fingerprint density at radius 3 is 2.67 bits per heavy atom. The fourth-order valence-corrected chi connectivity index (χ4v) is 2.48. The number of hydrogen-bond donors (Lipinski definition) is 2. The van der Waals surface area contributed by atoms with E-state index in [-0.39, 0.29) is 0 Å². The smallest absolute Gasteiger partial charge is 0.117 e. The van der Waals surface area contributed by atoms with Crippen molar-refractivity contribution in [1.82, 2.24) is 15.5 Å². The normalized spacial score (nSPS) is 11.0. The zero-order chi connectivity index (χ0) is 14.7. The molecule has 0 unspecified atom stereocenters. The molecule has 3 rings (SSSR count). The molecule has 0 aliphatic carbocycles. The van der Waals surface area contributed by atoms with Gasteiger partial charge in [0.05, 0.1) is 18.4 Å². The third-order valence-corrected chi connectivity index (χ3v) is 3.79. The first-order valence-electron chi connectivity index (χ1n) is 6.76. The van der Waals surface area contributed by atoms with Crippen LogP contribution in [0.5, 0.6) is 0 Å². The minimum atomic E-state index is 0.707. The molecule has 108 valence electrons. The maximum atomic E-state index is 5.54. The van der Waals surface area contributed by atoms with Crippen LogP contribution in [-0.2, 0) is 13.1 Å². The van der Waals surface area contributed by atoms with Gasteiger partial charge in [-0.05, 0) is 36.8 Å². The summed E-state index contributed by atoms with van der Waals surface area (Å²) in [7, 11) is 0. The second-order valence-electron chi connectivity index (χ2n) is 4.89. The van der Waals surface area contributed by atoms with Gasteiger partial charge in [-0.25, -0.2) is 0 Å². The van der Waals surface area contributed by atoms with Gasteiger partial charge in [0, 0.05) is 16.6 Å². The molecular formula is C16H16BrN3O. The maximum absolute atomic E-state index is 5.54. The van der Waals surface area contributed by atoms with E-state index in [2.05, 4.69) is 43.6 Å². The molecule has 0 amide bonds. The molecule has 0 saturated carbocycles. The largest absolute Gasteiger partial charge is 0.465 e. The van der Waals surface area contributed by atoms with Gasteiger partial charge < -0.3 is 9.73 Å². The fourth-order valence-electron chi connectivity index (χ4n) is 2.21. The minimum Gasteiger partial charge on any atom is -0.465 e. The highest BCUT2D eigenvalue weighted by Gasteiger charge is 2.07. The van der Waals surface area contributed by atoms with Gasteiger partial charge in [-0.15, -0.1) is 0 Å². The lowest BCUT2D eigenvalue weighted by Gasteiger charge is -2.05. The van der Waals surface area contributed by atoms with Crippen LogP contribution in [0.1, 0.15) is 17.1 Å². The number of aryl methyl sites for hydroxylation is 1. The predicted molar refractivity (Wildman–Crippen MR) is 85.7 cm³/mol. The van der Waals surface area contributed by atoms with Crippen LogP contribution in [-0.4, -0.2) is 10.2 Å². The van der Waals surface area contributed by atoms with Crippen molar-refractivity contribution in [1.29, 1.82) is 0 Å². The van der Waals surface area contributed by atoms with Crippen molar-refractivity contribution in [2.75, 3.05) is 0 Å². The number of H-pyrrole nitrogens is 1. The number of furan rings is 1. The number of nitrogens with one attached hydrogen (secondary N) is 2. The van der Waals surface area contributed by atoms with Gasteiger partial charge in [0.2, 0.25) is 0 Å². The van der Waals surface area contributed by atoms with Gasteiger partial charge in [-0.3, -0.25) is 5.10 Å². The Hall–Kier alpha value is -1.85. The molecule has 21 heavy (non-hydrogen) atoms. The van der Waals surface area contributed by atoms with Crippen LogP contribution in [0.15, 0.2) is 51.5 Å². The van der Waals surface area contributed by atoms with E-state index in [1.54, 1.807) is 0 Å². The Labute approximate surface area is 131 Å². The number of hydrogen-bond acceptors (Lipinski definition) is 3. The summed E-state index contributed by atoms with van der Waals surface area (Å²) in [5.41, 5.74) is 3.31. The van der Waals surface area contributed by atoms with Crippen LogP contribution in [0, 0.1) is 6.92 Å². The minimum absolute atomic E-state index is 0.707. The molecule has 0 aliphatic heterocycles. The zero-order valence-corrected chi connectivity index (χ0v) is 13.3. The van der Waals surface area contributed by atoms with Crippen molar-refractivity contribution in [3.05, 3.63) is 64.2 Å². The Kier molecular flexibility index (Phi) is 4.22. The van der Waals surface area contributed by atoms with Crippen LogP contribution in [0.3, 0.4) is 0 Å². The molecule has 0 bridgehead atoms. The molecule has 3 aromatic rings. The number of aromatic amines is 1. The summed E-state index contributed by atoms with van der Waals surface area (Å²) < 4.78 is 6.61. The number of halogens is 1. The summed E-state index contributed by atoms with van der Waals surface area (Å²) in [6.45, 7) is 3.39. The van der Waals surface area contributed by atoms with E-state index in [0.29, 0.717) is 6.54 Å². The van der Waals surface area contributed by atoms with E-state index in [4.69, 9.17) is 4.42 Å². The number of aromatic nitrogens is 2. The van der Waals surface area contributed by atoms with Gasteiger partial charge in [-0.2, -0.15) is 5.10 Å². The van der Waals surface area contributed by atoms with E-state index >= 15 is 0 Å². The average Bonchev–Trinajstić information content (AvgIpc) is 3.09. The van der Waals surface area contributed by atoms with Crippen molar-refractivity contribution in [2.24, 2.45) is 0 Å². The lowest BCUT2D eigenvalue weighted by Crippen LogP contribution is -2.12. The van der Waals surface area contributed by atoms with Gasteiger partial charge in [0.15, 0.2) is 0 Å². The van der Waals surface area contributed by atoms with E-state index in [0.717, 1.165) is 39.4 Å². The number of nitrogens with zero attached hydrogens (tertiary/aromatic N) is 1. The first-order chi connectivity index (χ1) is 10.2. The molecule has 0 fully saturated rings. The standard InChI is InChI=1S/C16H16BrN3O/c1-11-2-7-15(21-11)10-18-8-13-9-19-20-16(13)12-3-5-14(17)6-4-12/h2-7,9,18H,8,10H2,1H3,(H,19,20). The number of rotatable bonds is 5. The summed E-state index contributed by atoms with van der Waals surface area (Å²) in [4.78, 5) is 0. The van der Waals surface area contributed by atoms with Crippen LogP contribution in [0.2, 0.25) is 0 Å². The SMILES string of the molecule is Cc1ccc(CNCc2cn[nH]c2-c2ccc(Br)cc2)o1. The maximum Gasteiger partial charge on any atom is 0.117 e. The van der Waals surface area contributed by atoms with Gasteiger partial charge >= 0.3 is 0 Å². The van der Waals surface area contributed by atoms with Crippen molar-refractivity contribution in [3.8, 4) is 11.3 Å². The van der Waals surface area contributed by atoms with E-state index in [1.165, 1.54) is 0 Å². The first kappa shape index (κ1) is 14.1.